The number of aromatic nitrogens is 1. The van der Waals surface area contributed by atoms with Gasteiger partial charge in [-0.1, -0.05) is 12.7 Å². The summed E-state index contributed by atoms with van der Waals surface area (Å²) in [6, 6.07) is 1.62. The summed E-state index contributed by atoms with van der Waals surface area (Å²) in [6.07, 6.45) is 4.63. The Balaban J connectivity index is 1.22. The largest absolute Gasteiger partial charge is 0.404 e. The highest BCUT2D eigenvalue weighted by Crippen LogP contribution is 2.44. The fourth-order valence-corrected chi connectivity index (χ4v) is 7.14. The number of piperidine rings is 1. The van der Waals surface area contributed by atoms with Gasteiger partial charge in [0.2, 0.25) is 5.91 Å². The van der Waals surface area contributed by atoms with Crippen molar-refractivity contribution in [3.8, 4) is 0 Å². The van der Waals surface area contributed by atoms with Gasteiger partial charge >= 0.3 is 0 Å². The molecule has 5 aliphatic rings. The minimum Gasteiger partial charge on any atom is -0.404 e. The number of alkyl halides is 3. The van der Waals surface area contributed by atoms with Crippen molar-refractivity contribution in [1.29, 1.82) is 0 Å². The predicted molar refractivity (Wildman–Crippen MR) is 160 cm³/mol. The first-order chi connectivity index (χ1) is 20.8. The summed E-state index contributed by atoms with van der Waals surface area (Å²) in [5, 5.41) is 0. The van der Waals surface area contributed by atoms with Crippen LogP contribution >= 0.6 is 0 Å². The molecule has 0 radical (unpaired) electrons. The molecule has 6 rings (SSSR count). The molecule has 43 heavy (non-hydrogen) atoms. The maximum atomic E-state index is 14.5. The number of allylic oxidation sites excluding steroid dienone is 1. The molecule has 3 saturated heterocycles. The Labute approximate surface area is 250 Å². The number of carbonyl (C=O) groups excluding carboxylic acids is 1. The van der Waals surface area contributed by atoms with Crippen LogP contribution in [0.1, 0.15) is 43.9 Å². The average molecular weight is 600 g/mol. The van der Waals surface area contributed by atoms with Gasteiger partial charge < -0.3 is 25.2 Å². The minimum atomic E-state index is -2.69. The van der Waals surface area contributed by atoms with Crippen molar-refractivity contribution in [1.82, 2.24) is 14.8 Å². The van der Waals surface area contributed by atoms with E-state index in [1.54, 1.807) is 0 Å². The smallest absolute Gasteiger partial charge is 0.280 e. The summed E-state index contributed by atoms with van der Waals surface area (Å²) >= 11 is 0. The molecule has 12 heteroatoms. The zero-order chi connectivity index (χ0) is 30.3. The second kappa shape index (κ2) is 12.0. The Morgan fingerprint density at radius 1 is 1.23 bits per heavy atom. The molecule has 3 fully saturated rings. The van der Waals surface area contributed by atoms with Crippen molar-refractivity contribution in [2.75, 3.05) is 68.9 Å². The molecule has 2 atom stereocenters. The van der Waals surface area contributed by atoms with Crippen molar-refractivity contribution in [3.05, 3.63) is 53.5 Å². The summed E-state index contributed by atoms with van der Waals surface area (Å²) in [5.41, 5.74) is 9.00. The zero-order valence-corrected chi connectivity index (χ0v) is 24.7. The number of anilines is 2. The van der Waals surface area contributed by atoms with E-state index in [1.165, 1.54) is 12.3 Å². The molecule has 0 aliphatic carbocycles. The molecule has 1 spiro atoms. The van der Waals surface area contributed by atoms with Crippen molar-refractivity contribution in [3.63, 3.8) is 0 Å². The van der Waals surface area contributed by atoms with Crippen molar-refractivity contribution >= 4 is 23.1 Å². The first-order valence-electron chi connectivity index (χ1n) is 15.2. The van der Waals surface area contributed by atoms with E-state index in [0.717, 1.165) is 30.0 Å². The highest BCUT2D eigenvalue weighted by atomic mass is 19.3. The minimum absolute atomic E-state index is 0.0471. The van der Waals surface area contributed by atoms with E-state index in [2.05, 4.69) is 32.4 Å². The maximum absolute atomic E-state index is 14.5. The van der Waals surface area contributed by atoms with E-state index < -0.39 is 24.7 Å². The average Bonchev–Trinajstić information content (AvgIpc) is 3.16. The number of rotatable bonds is 6. The molecule has 1 aromatic heterocycles. The van der Waals surface area contributed by atoms with Crippen LogP contribution in [0, 0.1) is 0 Å². The topological polar surface area (TPSA) is 90.5 Å². The Morgan fingerprint density at radius 2 is 1.98 bits per heavy atom. The molecular formula is C31H40F3N7O2. The second-order valence-corrected chi connectivity index (χ2v) is 12.0. The Morgan fingerprint density at radius 3 is 2.63 bits per heavy atom. The van der Waals surface area contributed by atoms with Gasteiger partial charge in [-0.05, 0) is 50.5 Å². The van der Waals surface area contributed by atoms with Crippen LogP contribution in [0.2, 0.25) is 0 Å². The number of nitrogens with two attached hydrogens (primary N) is 1. The summed E-state index contributed by atoms with van der Waals surface area (Å²) in [7, 11) is 0. The van der Waals surface area contributed by atoms with Crippen LogP contribution in [0.15, 0.2) is 47.3 Å². The molecule has 0 unspecified atom stereocenters. The second-order valence-electron chi connectivity index (χ2n) is 12.0. The summed E-state index contributed by atoms with van der Waals surface area (Å²) in [4.78, 5) is 29.6. The Kier molecular flexibility index (Phi) is 8.25. The lowest BCUT2D eigenvalue weighted by atomic mass is 9.82. The highest BCUT2D eigenvalue weighted by molar-refractivity contribution is 6.06. The lowest BCUT2D eigenvalue weighted by molar-refractivity contribution is -0.128. The number of amides is 1. The van der Waals surface area contributed by atoms with Gasteiger partial charge in [0, 0.05) is 68.8 Å². The third kappa shape index (κ3) is 5.32. The number of hydrogen-bond donors (Lipinski definition) is 1. The fourth-order valence-electron chi connectivity index (χ4n) is 7.14. The van der Waals surface area contributed by atoms with E-state index in [4.69, 9.17) is 10.5 Å². The van der Waals surface area contributed by atoms with Gasteiger partial charge in [-0.3, -0.25) is 14.7 Å². The third-order valence-corrected chi connectivity index (χ3v) is 9.61. The van der Waals surface area contributed by atoms with Gasteiger partial charge in [-0.15, -0.1) is 0 Å². The van der Waals surface area contributed by atoms with Gasteiger partial charge in [0.15, 0.2) is 0 Å². The molecule has 1 amide bonds. The standard InChI is InChI=1S/C31H40F3N7O2/c1-3-27(42)40-13-11-38(12-14-40)25-18-41-23(25)6-4-5-22-24(41)15-26(37-28(22)30(33)34)39-9-7-31(8-10-39)29(20(2)17-35)36-21(16-32)19-43-31/h3,6,15,17,21,25,30H,1,4-5,7-14,16,18-19,35H2,2H3/b20-17-/t21-,25+/m0/s1. The summed E-state index contributed by atoms with van der Waals surface area (Å²) in [6.45, 7) is 9.65. The van der Waals surface area contributed by atoms with Crippen LogP contribution in [-0.4, -0.2) is 103 Å². The van der Waals surface area contributed by atoms with Crippen LogP contribution in [0.4, 0.5) is 24.7 Å². The number of aliphatic imine (C=N–C) groups is 1. The Hall–Kier alpha value is -3.38. The molecule has 5 aliphatic heterocycles. The normalized spacial score (nSPS) is 25.9. The zero-order valence-electron chi connectivity index (χ0n) is 24.7. The van der Waals surface area contributed by atoms with E-state index in [0.29, 0.717) is 75.5 Å². The van der Waals surface area contributed by atoms with Gasteiger partial charge in [-0.25, -0.2) is 18.2 Å². The summed E-state index contributed by atoms with van der Waals surface area (Å²) < 4.78 is 48.6. The van der Waals surface area contributed by atoms with Crippen molar-refractivity contribution in [2.24, 2.45) is 10.7 Å². The number of hydrogen-bond acceptors (Lipinski definition) is 8. The van der Waals surface area contributed by atoms with Gasteiger partial charge in [-0.2, -0.15) is 0 Å². The quantitative estimate of drug-likeness (QED) is 0.502. The predicted octanol–water partition coefficient (Wildman–Crippen LogP) is 3.38. The SMILES string of the molecule is C=CC(=O)N1CCN([C@@H]2CN3C2=CCCc2c3cc(N3CCC4(CC3)OC[C@H](CF)N=C4/C(C)=C\N)nc2C(F)F)CC1. The van der Waals surface area contributed by atoms with Gasteiger partial charge in [0.1, 0.15) is 29.8 Å². The molecule has 1 aromatic rings. The van der Waals surface area contributed by atoms with Crippen LogP contribution in [-0.2, 0) is 16.0 Å². The van der Waals surface area contributed by atoms with Crippen LogP contribution in [0.3, 0.4) is 0 Å². The monoisotopic (exact) mass is 599 g/mol. The van der Waals surface area contributed by atoms with Crippen LogP contribution in [0.5, 0.6) is 0 Å². The first-order valence-corrected chi connectivity index (χ1v) is 15.2. The molecule has 6 heterocycles. The van der Waals surface area contributed by atoms with E-state index >= 15 is 0 Å². The van der Waals surface area contributed by atoms with Crippen molar-refractivity contribution in [2.45, 2.75) is 56.7 Å². The first kappa shape index (κ1) is 29.7. The van der Waals surface area contributed by atoms with E-state index in [9.17, 15) is 18.0 Å². The third-order valence-electron chi connectivity index (χ3n) is 9.61. The lowest BCUT2D eigenvalue weighted by Crippen LogP contribution is -2.62. The molecule has 9 nitrogen and oxygen atoms in total. The Bertz CT molecular complexity index is 1350. The maximum Gasteiger partial charge on any atom is 0.280 e. The van der Waals surface area contributed by atoms with Gasteiger partial charge in [0.05, 0.1) is 18.4 Å². The number of pyridine rings is 1. The number of nitrogens with zero attached hydrogens (tertiary/aromatic N) is 6. The number of halogens is 3. The molecule has 0 bridgehead atoms. The number of ether oxygens (including phenoxy) is 1. The van der Waals surface area contributed by atoms with Gasteiger partial charge in [0.25, 0.3) is 6.43 Å². The molecule has 0 saturated carbocycles. The molecule has 232 valence electrons. The molecule has 0 aromatic carbocycles. The number of piperazine rings is 1. The van der Waals surface area contributed by atoms with E-state index in [1.807, 2.05) is 22.8 Å². The fraction of sp³-hybridized carbons (Fsp3) is 0.581. The molecular weight excluding hydrogens is 559 g/mol. The lowest BCUT2D eigenvalue weighted by Gasteiger charge is -2.51. The van der Waals surface area contributed by atoms with E-state index in [-0.39, 0.29) is 24.2 Å². The molecule has 2 N–H and O–H groups in total. The highest BCUT2D eigenvalue weighted by Gasteiger charge is 2.45. The number of fused-ring (bicyclic) bond motifs is 3. The van der Waals surface area contributed by atoms with Crippen molar-refractivity contribution < 1.29 is 22.7 Å². The number of carbonyl (C=O) groups is 1. The van der Waals surface area contributed by atoms with Crippen LogP contribution in [0.25, 0.3) is 0 Å². The summed E-state index contributed by atoms with van der Waals surface area (Å²) in [5.74, 6) is 0.487. The van der Waals surface area contributed by atoms with Crippen LogP contribution < -0.4 is 15.5 Å².